The van der Waals surface area contributed by atoms with E-state index in [0.717, 1.165) is 13.2 Å². The summed E-state index contributed by atoms with van der Waals surface area (Å²) < 4.78 is 4.50. The molecule has 0 spiro atoms. The molecule has 3 heteroatoms. The molecule has 2 rings (SSSR count). The number of ether oxygens (including phenoxy) is 1. The third-order valence-corrected chi connectivity index (χ3v) is 1.49. The Balaban J connectivity index is 0.000000236. The maximum absolute atomic E-state index is 10.7. The van der Waals surface area contributed by atoms with Crippen molar-refractivity contribution in [2.24, 2.45) is 0 Å². The van der Waals surface area contributed by atoms with Gasteiger partial charge in [0.2, 0.25) is 0 Å². The van der Waals surface area contributed by atoms with Gasteiger partial charge >= 0.3 is 0 Å². The van der Waals surface area contributed by atoms with E-state index in [0.29, 0.717) is 5.56 Å². The fraction of sp³-hybridized carbons (Fsp3) is 0.300. The van der Waals surface area contributed by atoms with E-state index in [-0.39, 0.29) is 11.5 Å². The van der Waals surface area contributed by atoms with Crippen molar-refractivity contribution in [3.05, 3.63) is 29.8 Å². The molecule has 1 N–H and O–H groups in total. The molecule has 1 aromatic rings. The Hall–Kier alpha value is -1.35. The maximum atomic E-state index is 10.7. The van der Waals surface area contributed by atoms with Gasteiger partial charge in [-0.25, -0.2) is 0 Å². The number of phenols is 1. The number of hydrogen-bond donors (Lipinski definition) is 1. The molecular weight excluding hydrogens is 168 g/mol. The average molecular weight is 180 g/mol. The summed E-state index contributed by atoms with van der Waals surface area (Å²) in [6.45, 7) is 3.43. The van der Waals surface area contributed by atoms with E-state index in [9.17, 15) is 4.79 Å². The summed E-state index contributed by atoms with van der Waals surface area (Å²) in [7, 11) is 0. The Morgan fingerprint density at radius 2 is 1.92 bits per heavy atom. The van der Waals surface area contributed by atoms with Gasteiger partial charge in [0.1, 0.15) is 5.75 Å². The van der Waals surface area contributed by atoms with Crippen molar-refractivity contribution >= 4 is 5.78 Å². The van der Waals surface area contributed by atoms with Crippen LogP contribution < -0.4 is 0 Å². The van der Waals surface area contributed by atoms with E-state index in [2.05, 4.69) is 4.74 Å². The first kappa shape index (κ1) is 9.74. The minimum absolute atomic E-state index is 0.0509. The average Bonchev–Trinajstić information content (AvgIpc) is 2.90. The van der Waals surface area contributed by atoms with Gasteiger partial charge in [0, 0.05) is 0 Å². The topological polar surface area (TPSA) is 49.8 Å². The standard InChI is InChI=1S/C8H8O2.C2H4O/c1-6(9)7-4-2-3-5-8(7)10;1-2-3-1/h2-5,10H,1H3;1-2H2. The highest BCUT2D eigenvalue weighted by Crippen LogP contribution is 2.15. The largest absolute Gasteiger partial charge is 0.507 e. The summed E-state index contributed by atoms with van der Waals surface area (Å²) in [5.41, 5.74) is 0.377. The zero-order valence-corrected chi connectivity index (χ0v) is 7.49. The summed E-state index contributed by atoms with van der Waals surface area (Å²) in [6.07, 6.45) is 0. The number of benzene rings is 1. The number of phenolic OH excluding ortho intramolecular Hbond substituents is 1. The van der Waals surface area contributed by atoms with E-state index < -0.39 is 0 Å². The van der Waals surface area contributed by atoms with Gasteiger partial charge in [-0.05, 0) is 19.1 Å². The maximum Gasteiger partial charge on any atom is 0.163 e. The highest BCUT2D eigenvalue weighted by atomic mass is 16.6. The second-order valence-corrected chi connectivity index (χ2v) is 2.69. The number of carbonyl (C=O) groups is 1. The fourth-order valence-corrected chi connectivity index (χ4v) is 0.771. The Bertz CT molecular complexity index is 289. The molecule has 1 aliphatic heterocycles. The van der Waals surface area contributed by atoms with Gasteiger partial charge < -0.3 is 9.84 Å². The van der Waals surface area contributed by atoms with Crippen molar-refractivity contribution in [1.29, 1.82) is 0 Å². The van der Waals surface area contributed by atoms with E-state index >= 15 is 0 Å². The number of epoxide rings is 1. The lowest BCUT2D eigenvalue weighted by atomic mass is 10.1. The van der Waals surface area contributed by atoms with Crippen LogP contribution in [0.15, 0.2) is 24.3 Å². The SMILES string of the molecule is C1CO1.CC(=O)c1ccccc1O. The van der Waals surface area contributed by atoms with Crippen LogP contribution in [0.2, 0.25) is 0 Å². The Kier molecular flexibility index (Phi) is 3.46. The molecule has 0 amide bonds. The molecule has 70 valence electrons. The van der Waals surface area contributed by atoms with Crippen LogP contribution in [-0.2, 0) is 4.74 Å². The first-order chi connectivity index (χ1) is 6.22. The van der Waals surface area contributed by atoms with Crippen molar-refractivity contribution in [3.8, 4) is 5.75 Å². The van der Waals surface area contributed by atoms with Crippen molar-refractivity contribution in [1.82, 2.24) is 0 Å². The molecule has 0 aliphatic carbocycles. The number of Topliss-reactive ketones (excluding diaryl/α,β-unsaturated/α-hetero) is 1. The van der Waals surface area contributed by atoms with Gasteiger partial charge in [-0.15, -0.1) is 0 Å². The van der Waals surface area contributed by atoms with Gasteiger partial charge in [0.05, 0.1) is 18.8 Å². The molecule has 1 fully saturated rings. The zero-order chi connectivity index (χ0) is 9.68. The molecule has 0 unspecified atom stereocenters. The molecule has 1 aromatic carbocycles. The van der Waals surface area contributed by atoms with Crippen molar-refractivity contribution in [2.75, 3.05) is 13.2 Å². The molecule has 0 atom stereocenters. The molecule has 0 bridgehead atoms. The van der Waals surface area contributed by atoms with E-state index in [1.807, 2.05) is 0 Å². The lowest BCUT2D eigenvalue weighted by Crippen LogP contribution is -1.90. The molecule has 1 aliphatic rings. The summed E-state index contributed by atoms with van der Waals surface area (Å²) >= 11 is 0. The Morgan fingerprint density at radius 1 is 1.38 bits per heavy atom. The van der Waals surface area contributed by atoms with Crippen LogP contribution in [0.4, 0.5) is 0 Å². The number of carbonyl (C=O) groups excluding carboxylic acids is 1. The molecule has 0 saturated carbocycles. The number of ketones is 1. The van der Waals surface area contributed by atoms with Crippen LogP contribution in [0, 0.1) is 0 Å². The first-order valence-electron chi connectivity index (χ1n) is 4.08. The number of para-hydroxylation sites is 1. The fourth-order valence-electron chi connectivity index (χ4n) is 0.771. The van der Waals surface area contributed by atoms with Crippen molar-refractivity contribution in [3.63, 3.8) is 0 Å². The normalized spacial score (nSPS) is 12.7. The minimum atomic E-state index is -0.113. The smallest absolute Gasteiger partial charge is 0.163 e. The third kappa shape index (κ3) is 3.71. The minimum Gasteiger partial charge on any atom is -0.507 e. The molecular formula is C10H12O3. The highest BCUT2D eigenvalue weighted by Gasteiger charge is 2.02. The summed E-state index contributed by atoms with van der Waals surface area (Å²) in [4.78, 5) is 10.7. The Morgan fingerprint density at radius 3 is 2.23 bits per heavy atom. The van der Waals surface area contributed by atoms with Gasteiger partial charge in [0.15, 0.2) is 5.78 Å². The second-order valence-electron chi connectivity index (χ2n) is 2.69. The Labute approximate surface area is 77.0 Å². The van der Waals surface area contributed by atoms with Gasteiger partial charge in [-0.1, -0.05) is 12.1 Å². The third-order valence-electron chi connectivity index (χ3n) is 1.49. The van der Waals surface area contributed by atoms with E-state index in [4.69, 9.17) is 5.11 Å². The van der Waals surface area contributed by atoms with E-state index in [1.54, 1.807) is 18.2 Å². The van der Waals surface area contributed by atoms with Gasteiger partial charge in [-0.3, -0.25) is 4.79 Å². The van der Waals surface area contributed by atoms with Crippen LogP contribution in [0.5, 0.6) is 5.75 Å². The predicted molar refractivity (Wildman–Crippen MR) is 48.9 cm³/mol. The van der Waals surface area contributed by atoms with Crippen LogP contribution in [-0.4, -0.2) is 24.1 Å². The quantitative estimate of drug-likeness (QED) is 0.527. The van der Waals surface area contributed by atoms with E-state index in [1.165, 1.54) is 13.0 Å². The molecule has 0 radical (unpaired) electrons. The number of hydrogen-bond acceptors (Lipinski definition) is 3. The van der Waals surface area contributed by atoms with Gasteiger partial charge in [-0.2, -0.15) is 0 Å². The van der Waals surface area contributed by atoms with Crippen molar-refractivity contribution < 1.29 is 14.6 Å². The van der Waals surface area contributed by atoms with Crippen LogP contribution in [0.1, 0.15) is 17.3 Å². The molecule has 13 heavy (non-hydrogen) atoms. The summed E-state index contributed by atoms with van der Waals surface area (Å²) in [5, 5.41) is 9.06. The van der Waals surface area contributed by atoms with Gasteiger partial charge in [0.25, 0.3) is 0 Å². The molecule has 0 aromatic heterocycles. The lowest BCUT2D eigenvalue weighted by Gasteiger charge is -1.96. The highest BCUT2D eigenvalue weighted by molar-refractivity contribution is 5.96. The van der Waals surface area contributed by atoms with Crippen molar-refractivity contribution in [2.45, 2.75) is 6.92 Å². The monoisotopic (exact) mass is 180 g/mol. The lowest BCUT2D eigenvalue weighted by molar-refractivity contribution is 0.101. The molecule has 1 saturated heterocycles. The summed E-state index contributed by atoms with van der Waals surface area (Å²) in [6, 6.07) is 6.49. The predicted octanol–water partition coefficient (Wildman–Crippen LogP) is 1.61. The molecule has 3 nitrogen and oxygen atoms in total. The zero-order valence-electron chi connectivity index (χ0n) is 7.49. The number of aromatic hydroxyl groups is 1. The van der Waals surface area contributed by atoms with Crippen LogP contribution in [0.3, 0.4) is 0 Å². The molecule has 1 heterocycles. The first-order valence-corrected chi connectivity index (χ1v) is 4.08. The summed E-state index contributed by atoms with van der Waals surface area (Å²) in [5.74, 6) is -0.0619. The number of rotatable bonds is 1. The van der Waals surface area contributed by atoms with Crippen LogP contribution >= 0.6 is 0 Å². The van der Waals surface area contributed by atoms with Crippen LogP contribution in [0.25, 0.3) is 0 Å². The second kappa shape index (κ2) is 4.62.